The highest BCUT2D eigenvalue weighted by Gasteiger charge is 2.45. The zero-order valence-corrected chi connectivity index (χ0v) is 39.8. The number of nitrogens with zero attached hydrogens (tertiary/aromatic N) is 2. The number of benzene rings is 9. The minimum absolute atomic E-state index is 0.115. The van der Waals surface area contributed by atoms with Gasteiger partial charge in [0.05, 0.1) is 0 Å². The Balaban J connectivity index is 0.973. The van der Waals surface area contributed by atoms with Crippen LogP contribution in [0.2, 0.25) is 0 Å². The lowest BCUT2D eigenvalue weighted by Crippen LogP contribution is -2.42. The number of hydrogen-bond donors (Lipinski definition) is 0. The van der Waals surface area contributed by atoms with Gasteiger partial charge in [0.2, 0.25) is 0 Å². The van der Waals surface area contributed by atoms with Crippen LogP contribution >= 0.6 is 0 Å². The average molecular weight is 881 g/mol. The third kappa shape index (κ3) is 7.63. The quantitative estimate of drug-likeness (QED) is 0.128. The van der Waals surface area contributed by atoms with E-state index in [1.165, 1.54) is 80.6 Å². The molecule has 2 heteroatoms. The van der Waals surface area contributed by atoms with Gasteiger partial charge in [-0.15, -0.1) is 0 Å². The van der Waals surface area contributed by atoms with Crippen LogP contribution in [0.3, 0.4) is 0 Å². The summed E-state index contributed by atoms with van der Waals surface area (Å²) in [6.45, 7) is 9.66. The lowest BCUT2D eigenvalue weighted by molar-refractivity contribution is 0.170. The minimum Gasteiger partial charge on any atom is -0.311 e. The maximum atomic E-state index is 2.46. The van der Waals surface area contributed by atoms with E-state index in [-0.39, 0.29) is 10.8 Å². The van der Waals surface area contributed by atoms with Gasteiger partial charge in [0.15, 0.2) is 0 Å². The second-order valence-electron chi connectivity index (χ2n) is 19.9. The number of para-hydroxylation sites is 2. The second-order valence-corrected chi connectivity index (χ2v) is 19.9. The first-order chi connectivity index (χ1) is 33.3. The molecule has 68 heavy (non-hydrogen) atoms. The van der Waals surface area contributed by atoms with Gasteiger partial charge < -0.3 is 9.80 Å². The number of hydrogen-bond acceptors (Lipinski definition) is 2. The van der Waals surface area contributed by atoms with E-state index in [0.29, 0.717) is 11.8 Å². The van der Waals surface area contributed by atoms with Gasteiger partial charge in [-0.05, 0) is 153 Å². The van der Waals surface area contributed by atoms with Gasteiger partial charge in [0.1, 0.15) is 0 Å². The van der Waals surface area contributed by atoms with E-state index in [4.69, 9.17) is 0 Å². The third-order valence-corrected chi connectivity index (χ3v) is 15.3. The van der Waals surface area contributed by atoms with E-state index in [2.05, 4.69) is 268 Å². The molecule has 0 radical (unpaired) electrons. The van der Waals surface area contributed by atoms with Crippen molar-refractivity contribution in [1.29, 1.82) is 0 Å². The highest BCUT2D eigenvalue weighted by atomic mass is 15.1. The zero-order valence-electron chi connectivity index (χ0n) is 39.8. The molecular formula is C66H60N2. The highest BCUT2D eigenvalue weighted by Crippen LogP contribution is 2.55. The maximum absolute atomic E-state index is 2.46. The van der Waals surface area contributed by atoms with Gasteiger partial charge in [-0.2, -0.15) is 0 Å². The van der Waals surface area contributed by atoms with Crippen molar-refractivity contribution in [3.63, 3.8) is 0 Å². The Kier molecular flexibility index (Phi) is 11.4. The van der Waals surface area contributed by atoms with Crippen molar-refractivity contribution in [2.45, 2.75) is 64.2 Å². The molecule has 0 N–H and O–H groups in total. The van der Waals surface area contributed by atoms with E-state index in [0.717, 1.165) is 34.9 Å². The molecule has 0 saturated heterocycles. The summed E-state index contributed by atoms with van der Waals surface area (Å²) in [6, 6.07) is 85.5. The number of anilines is 6. The van der Waals surface area contributed by atoms with Crippen LogP contribution in [-0.4, -0.2) is 0 Å². The summed E-state index contributed by atoms with van der Waals surface area (Å²) in [5.74, 6) is 1.04. The molecule has 0 heterocycles. The molecule has 0 bridgehead atoms. The maximum Gasteiger partial charge on any atom is 0.0465 e. The molecule has 0 spiro atoms. The summed E-state index contributed by atoms with van der Waals surface area (Å²) in [7, 11) is 0. The van der Waals surface area contributed by atoms with Crippen LogP contribution in [0.4, 0.5) is 34.1 Å². The van der Waals surface area contributed by atoms with Crippen molar-refractivity contribution in [3.8, 4) is 33.4 Å². The molecule has 2 aliphatic rings. The monoisotopic (exact) mass is 880 g/mol. The molecule has 2 nitrogen and oxygen atoms in total. The minimum atomic E-state index is -0.155. The Morgan fingerprint density at radius 2 is 0.853 bits per heavy atom. The van der Waals surface area contributed by atoms with E-state index in [9.17, 15) is 0 Å². The van der Waals surface area contributed by atoms with Crippen LogP contribution in [0.1, 0.15) is 75.6 Å². The van der Waals surface area contributed by atoms with Crippen LogP contribution in [0.15, 0.2) is 231 Å². The van der Waals surface area contributed by atoms with E-state index in [1.54, 1.807) is 0 Å². The predicted octanol–water partition coefficient (Wildman–Crippen LogP) is 18.4. The molecule has 2 aliphatic carbocycles. The standard InChI is InChI=1S/C66H60N2/c1-47(2)61-29-17-18-45-66(61,51-33-39-56(40-34-51)67(53-24-13-7-14-25-53)55-37-31-49(32-38-55)48-20-9-5-10-21-48)52-35-41-57(42-36-52)68(54-26-15-8-16-27-54)58-43-44-60-63(46-58)65(3,4)62-30-19-28-59(64(60)62)50-22-11-6-12-23-50/h5-16,19-28,30-44,46-47,61H,17-18,29,45H2,1-4H3. The fourth-order valence-corrected chi connectivity index (χ4v) is 12.1. The fraction of sp³-hybridized carbons (Fsp3) is 0.182. The Bertz CT molecular complexity index is 3140. The van der Waals surface area contributed by atoms with Crippen LogP contribution in [-0.2, 0) is 10.8 Å². The summed E-state index contributed by atoms with van der Waals surface area (Å²) >= 11 is 0. The lowest BCUT2D eigenvalue weighted by atomic mass is 9.56. The Morgan fingerprint density at radius 1 is 0.397 bits per heavy atom. The van der Waals surface area contributed by atoms with Gasteiger partial charge in [0, 0.05) is 45.0 Å². The van der Waals surface area contributed by atoms with Crippen molar-refractivity contribution in [2.75, 3.05) is 9.80 Å². The SMILES string of the molecule is CC(C)C1CCCCC1(c1ccc(N(c2ccccc2)c2ccc(-c3ccccc3)cc2)cc1)c1ccc(N(c2ccccc2)c2ccc3c(c2)C(C)(C)c2cccc(-c4ccccc4)c2-3)cc1. The molecule has 9 aromatic rings. The first kappa shape index (κ1) is 43.2. The molecule has 0 amide bonds. The van der Waals surface area contributed by atoms with Crippen LogP contribution in [0.5, 0.6) is 0 Å². The Hall–Kier alpha value is -7.42. The summed E-state index contributed by atoms with van der Waals surface area (Å²) in [5.41, 5.74) is 19.9. The van der Waals surface area contributed by atoms with E-state index >= 15 is 0 Å². The second kappa shape index (κ2) is 18.0. The topological polar surface area (TPSA) is 6.48 Å². The molecule has 9 aromatic carbocycles. The smallest absolute Gasteiger partial charge is 0.0465 e. The van der Waals surface area contributed by atoms with Gasteiger partial charge in [-0.1, -0.05) is 198 Å². The Morgan fingerprint density at radius 3 is 1.40 bits per heavy atom. The highest BCUT2D eigenvalue weighted by molar-refractivity contribution is 5.94. The molecule has 0 aliphatic heterocycles. The van der Waals surface area contributed by atoms with Gasteiger partial charge in [0.25, 0.3) is 0 Å². The first-order valence-electron chi connectivity index (χ1n) is 24.7. The molecule has 2 atom stereocenters. The van der Waals surface area contributed by atoms with Crippen LogP contribution in [0.25, 0.3) is 33.4 Å². The summed E-state index contributed by atoms with van der Waals surface area (Å²) in [5, 5.41) is 0. The normalized spacial score (nSPS) is 17.0. The van der Waals surface area contributed by atoms with Gasteiger partial charge >= 0.3 is 0 Å². The summed E-state index contributed by atoms with van der Waals surface area (Å²) in [4.78, 5) is 4.84. The molecular weight excluding hydrogens is 821 g/mol. The van der Waals surface area contributed by atoms with Crippen molar-refractivity contribution < 1.29 is 0 Å². The van der Waals surface area contributed by atoms with Crippen LogP contribution in [0, 0.1) is 11.8 Å². The largest absolute Gasteiger partial charge is 0.311 e. The van der Waals surface area contributed by atoms with Crippen LogP contribution < -0.4 is 9.80 Å². The van der Waals surface area contributed by atoms with E-state index < -0.39 is 0 Å². The zero-order chi connectivity index (χ0) is 46.2. The summed E-state index contributed by atoms with van der Waals surface area (Å²) < 4.78 is 0. The lowest BCUT2D eigenvalue weighted by Gasteiger charge is -2.48. The third-order valence-electron chi connectivity index (χ3n) is 15.3. The number of rotatable bonds is 11. The predicted molar refractivity (Wildman–Crippen MR) is 288 cm³/mol. The fourth-order valence-electron chi connectivity index (χ4n) is 12.1. The average Bonchev–Trinajstić information content (AvgIpc) is 3.63. The molecule has 0 aromatic heterocycles. The number of fused-ring (bicyclic) bond motifs is 3. The Labute approximate surface area is 404 Å². The van der Waals surface area contributed by atoms with E-state index in [1.807, 2.05) is 0 Å². The molecule has 1 saturated carbocycles. The molecule has 2 unspecified atom stereocenters. The summed E-state index contributed by atoms with van der Waals surface area (Å²) in [6.07, 6.45) is 4.84. The van der Waals surface area contributed by atoms with Crippen molar-refractivity contribution in [2.24, 2.45) is 11.8 Å². The van der Waals surface area contributed by atoms with Crippen molar-refractivity contribution in [3.05, 3.63) is 253 Å². The van der Waals surface area contributed by atoms with Crippen molar-refractivity contribution in [1.82, 2.24) is 0 Å². The molecule has 1 fully saturated rings. The molecule has 334 valence electrons. The first-order valence-corrected chi connectivity index (χ1v) is 24.7. The van der Waals surface area contributed by atoms with Crippen molar-refractivity contribution >= 4 is 34.1 Å². The van der Waals surface area contributed by atoms with Gasteiger partial charge in [-0.3, -0.25) is 0 Å². The van der Waals surface area contributed by atoms with Gasteiger partial charge in [-0.25, -0.2) is 0 Å². The molecule has 11 rings (SSSR count).